The summed E-state index contributed by atoms with van der Waals surface area (Å²) in [7, 11) is 1.43. The summed E-state index contributed by atoms with van der Waals surface area (Å²) >= 11 is 14.3. The molecule has 0 fully saturated rings. The van der Waals surface area contributed by atoms with Gasteiger partial charge in [0.25, 0.3) is 0 Å². The van der Waals surface area contributed by atoms with Crippen molar-refractivity contribution < 1.29 is 34.1 Å². The number of ether oxygens (including phenoxy) is 2. The first-order valence-electron chi connectivity index (χ1n) is 13.0. The topological polar surface area (TPSA) is 125 Å². The first-order chi connectivity index (χ1) is 19.5. The van der Waals surface area contributed by atoms with Gasteiger partial charge in [0.2, 0.25) is 11.8 Å². The van der Waals surface area contributed by atoms with Crippen LogP contribution < -0.4 is 14.8 Å². The number of aliphatic hydroxyl groups excluding tert-OH is 2. The number of aldehydes is 1. The Labute approximate surface area is 262 Å². The Bertz CT molecular complexity index is 1300. The van der Waals surface area contributed by atoms with E-state index in [1.54, 1.807) is 29.2 Å². The lowest BCUT2D eigenvalue weighted by molar-refractivity contribution is -0.140. The molecule has 2 aromatic carbocycles. The van der Waals surface area contributed by atoms with Gasteiger partial charge < -0.3 is 29.9 Å². The molecule has 1 aliphatic rings. The molecule has 2 aromatic rings. The average molecular weight is 719 g/mol. The minimum Gasteiger partial charge on any atom is -0.493 e. The van der Waals surface area contributed by atoms with E-state index in [9.17, 15) is 24.6 Å². The van der Waals surface area contributed by atoms with Gasteiger partial charge in [0.05, 0.1) is 33.4 Å². The molecular formula is C29H33Cl2IN2O7. The van der Waals surface area contributed by atoms with Crippen LogP contribution >= 0.6 is 45.8 Å². The van der Waals surface area contributed by atoms with Crippen LogP contribution in [-0.4, -0.2) is 71.7 Å². The summed E-state index contributed by atoms with van der Waals surface area (Å²) < 4.78 is 12.3. The van der Waals surface area contributed by atoms with Crippen molar-refractivity contribution >= 4 is 63.9 Å². The maximum atomic E-state index is 13.6. The van der Waals surface area contributed by atoms with Crippen LogP contribution in [0.25, 0.3) is 0 Å². The van der Waals surface area contributed by atoms with Crippen molar-refractivity contribution in [2.45, 2.75) is 51.5 Å². The number of nitrogens with one attached hydrogen (secondary N) is 1. The molecule has 9 nitrogen and oxygen atoms in total. The van der Waals surface area contributed by atoms with Gasteiger partial charge >= 0.3 is 0 Å². The normalized spacial score (nSPS) is 18.5. The number of carbonyl (C=O) groups excluding carboxylic acids is 3. The maximum absolute atomic E-state index is 13.6. The first kappa shape index (κ1) is 33.1. The molecule has 1 aliphatic carbocycles. The standard InChI is InChI=1S/C29H33Cl2IN2O7/c1-16(2)8-26(37)34(14-17-4-5-20(30)21(31)9-17)23-12-19(29(39)33-6-7-35)13-24(27(23)38)41-28-22(32)10-18(15-36)11-25(28)40-3/h4-5,9-11,13,15-16,23-24,27,35,38H,6-8,12,14H2,1-3H3,(H,33,39). The van der Waals surface area contributed by atoms with E-state index >= 15 is 0 Å². The molecule has 3 N–H and O–H groups in total. The van der Waals surface area contributed by atoms with E-state index in [1.807, 2.05) is 36.4 Å². The second kappa shape index (κ2) is 15.2. The monoisotopic (exact) mass is 718 g/mol. The molecule has 41 heavy (non-hydrogen) atoms. The zero-order valence-electron chi connectivity index (χ0n) is 22.9. The first-order valence-corrected chi connectivity index (χ1v) is 14.8. The van der Waals surface area contributed by atoms with Crippen molar-refractivity contribution in [2.75, 3.05) is 20.3 Å². The molecule has 3 atom stereocenters. The maximum Gasteiger partial charge on any atom is 0.247 e. The van der Waals surface area contributed by atoms with Crippen LogP contribution in [0.2, 0.25) is 10.0 Å². The lowest BCUT2D eigenvalue weighted by Gasteiger charge is -2.41. The van der Waals surface area contributed by atoms with E-state index in [1.165, 1.54) is 19.3 Å². The summed E-state index contributed by atoms with van der Waals surface area (Å²) in [5, 5.41) is 24.2. The molecule has 0 aromatic heterocycles. The Morgan fingerprint density at radius 1 is 1.22 bits per heavy atom. The number of nitrogens with zero attached hydrogens (tertiary/aromatic N) is 1. The number of hydrogen-bond donors (Lipinski definition) is 3. The van der Waals surface area contributed by atoms with E-state index in [0.29, 0.717) is 31.0 Å². The van der Waals surface area contributed by atoms with Crippen LogP contribution in [0.5, 0.6) is 11.5 Å². The van der Waals surface area contributed by atoms with Crippen molar-refractivity contribution in [3.8, 4) is 11.5 Å². The Kier molecular flexibility index (Phi) is 12.3. The number of halogens is 3. The van der Waals surface area contributed by atoms with Gasteiger partial charge in [-0.2, -0.15) is 0 Å². The number of rotatable bonds is 12. The van der Waals surface area contributed by atoms with Crippen molar-refractivity contribution in [1.82, 2.24) is 10.2 Å². The van der Waals surface area contributed by atoms with Crippen LogP contribution in [0.3, 0.4) is 0 Å². The molecule has 12 heteroatoms. The van der Waals surface area contributed by atoms with E-state index in [0.717, 1.165) is 0 Å². The van der Waals surface area contributed by atoms with E-state index < -0.39 is 24.2 Å². The van der Waals surface area contributed by atoms with Gasteiger partial charge in [-0.15, -0.1) is 0 Å². The molecule has 0 saturated carbocycles. The fourth-order valence-corrected chi connectivity index (χ4v) is 5.60. The number of benzene rings is 2. The molecule has 0 heterocycles. The Morgan fingerprint density at radius 3 is 2.56 bits per heavy atom. The Hall–Kier alpha value is -2.38. The van der Waals surface area contributed by atoms with E-state index in [4.69, 9.17) is 32.7 Å². The van der Waals surface area contributed by atoms with Gasteiger partial charge in [0.1, 0.15) is 18.5 Å². The molecule has 222 valence electrons. The van der Waals surface area contributed by atoms with Crippen LogP contribution in [0.1, 0.15) is 42.6 Å². The lowest BCUT2D eigenvalue weighted by atomic mass is 9.87. The highest BCUT2D eigenvalue weighted by molar-refractivity contribution is 14.1. The van der Waals surface area contributed by atoms with Gasteiger partial charge in [0, 0.05) is 37.1 Å². The fraction of sp³-hybridized carbons (Fsp3) is 0.414. The summed E-state index contributed by atoms with van der Waals surface area (Å²) in [5.41, 5.74) is 1.36. The molecule has 0 saturated heterocycles. The van der Waals surface area contributed by atoms with Gasteiger partial charge in [-0.25, -0.2) is 0 Å². The van der Waals surface area contributed by atoms with Gasteiger partial charge in [-0.3, -0.25) is 14.4 Å². The van der Waals surface area contributed by atoms with Crippen molar-refractivity contribution in [2.24, 2.45) is 5.92 Å². The quantitative estimate of drug-likeness (QED) is 0.219. The molecule has 0 radical (unpaired) electrons. The molecule has 0 aliphatic heterocycles. The number of aliphatic hydroxyl groups is 2. The smallest absolute Gasteiger partial charge is 0.247 e. The average Bonchev–Trinajstić information content (AvgIpc) is 2.93. The summed E-state index contributed by atoms with van der Waals surface area (Å²) in [4.78, 5) is 39.6. The van der Waals surface area contributed by atoms with Gasteiger partial charge in [-0.05, 0) is 64.4 Å². The number of carbonyl (C=O) groups is 3. The third-order valence-electron chi connectivity index (χ3n) is 6.50. The predicted octanol–water partition coefficient (Wildman–Crippen LogP) is 4.41. The zero-order valence-corrected chi connectivity index (χ0v) is 26.6. The lowest BCUT2D eigenvalue weighted by Crippen LogP contribution is -2.55. The summed E-state index contributed by atoms with van der Waals surface area (Å²) in [6.45, 7) is 3.73. The van der Waals surface area contributed by atoms with Crippen molar-refractivity contribution in [1.29, 1.82) is 0 Å². The van der Waals surface area contributed by atoms with Crippen LogP contribution in [-0.2, 0) is 16.1 Å². The SMILES string of the molecule is COc1cc(C=O)cc(I)c1OC1C=C(C(=O)NCCO)CC(N(Cc2ccc(Cl)c(Cl)c2)C(=O)CC(C)C)C1O. The summed E-state index contributed by atoms with van der Waals surface area (Å²) in [5.74, 6) is -0.0748. The van der Waals surface area contributed by atoms with Crippen molar-refractivity contribution in [3.05, 3.63) is 66.7 Å². The zero-order chi connectivity index (χ0) is 30.3. The summed E-state index contributed by atoms with van der Waals surface area (Å²) in [6, 6.07) is 7.32. The van der Waals surface area contributed by atoms with Gasteiger partial charge in [-0.1, -0.05) is 43.1 Å². The second-order valence-electron chi connectivity index (χ2n) is 10.0. The van der Waals surface area contributed by atoms with Crippen LogP contribution in [0, 0.1) is 9.49 Å². The number of hydrogen-bond acceptors (Lipinski definition) is 7. The molecule has 3 rings (SSSR count). The minimum atomic E-state index is -1.24. The highest BCUT2D eigenvalue weighted by atomic mass is 127. The minimum absolute atomic E-state index is 0.0348. The highest BCUT2D eigenvalue weighted by Gasteiger charge is 2.41. The molecule has 0 bridgehead atoms. The van der Waals surface area contributed by atoms with Crippen molar-refractivity contribution in [3.63, 3.8) is 0 Å². The van der Waals surface area contributed by atoms with Gasteiger partial charge in [0.15, 0.2) is 11.5 Å². The fourth-order valence-electron chi connectivity index (χ4n) is 4.53. The molecule has 0 spiro atoms. The van der Waals surface area contributed by atoms with E-state index in [2.05, 4.69) is 5.32 Å². The highest BCUT2D eigenvalue weighted by Crippen LogP contribution is 2.37. The number of methoxy groups -OCH3 is 1. The van der Waals surface area contributed by atoms with Crippen LogP contribution in [0.15, 0.2) is 42.0 Å². The molecule has 2 amide bonds. The van der Waals surface area contributed by atoms with E-state index in [-0.39, 0.29) is 61.4 Å². The Balaban J connectivity index is 2.06. The Morgan fingerprint density at radius 2 is 1.95 bits per heavy atom. The number of amides is 2. The molecular weight excluding hydrogens is 686 g/mol. The predicted molar refractivity (Wildman–Crippen MR) is 165 cm³/mol. The third-order valence-corrected chi connectivity index (χ3v) is 8.04. The summed E-state index contributed by atoms with van der Waals surface area (Å²) in [6.07, 6.45) is 0.157. The largest absolute Gasteiger partial charge is 0.493 e. The second-order valence-corrected chi connectivity index (χ2v) is 12.0. The third kappa shape index (κ3) is 8.57. The van der Waals surface area contributed by atoms with Crippen LogP contribution in [0.4, 0.5) is 0 Å². The molecule has 3 unspecified atom stereocenters.